The van der Waals surface area contributed by atoms with Crippen LogP contribution in [0.4, 0.5) is 0 Å². The second kappa shape index (κ2) is 8.13. The second-order valence-electron chi connectivity index (χ2n) is 6.11. The third-order valence-corrected chi connectivity index (χ3v) is 4.82. The van der Waals surface area contributed by atoms with Gasteiger partial charge in [-0.25, -0.2) is 0 Å². The number of piperazine rings is 1. The van der Waals surface area contributed by atoms with Gasteiger partial charge in [-0.05, 0) is 42.0 Å². The van der Waals surface area contributed by atoms with Gasteiger partial charge in [0.2, 0.25) is 0 Å². The molecule has 0 unspecified atom stereocenters. The predicted molar refractivity (Wildman–Crippen MR) is 99.0 cm³/mol. The predicted octanol–water partition coefficient (Wildman–Crippen LogP) is 3.99. The zero-order valence-electron chi connectivity index (χ0n) is 13.4. The van der Waals surface area contributed by atoms with E-state index in [1.807, 2.05) is 12.1 Å². The van der Waals surface area contributed by atoms with Crippen molar-refractivity contribution in [1.29, 1.82) is 0 Å². The van der Waals surface area contributed by atoms with E-state index in [0.29, 0.717) is 11.6 Å². The van der Waals surface area contributed by atoms with Crippen LogP contribution in [0, 0.1) is 0 Å². The van der Waals surface area contributed by atoms with Gasteiger partial charge in [-0.15, -0.1) is 0 Å². The van der Waals surface area contributed by atoms with E-state index in [9.17, 15) is 4.79 Å². The Kier molecular flexibility index (Phi) is 5.90. The molecular formula is C19H20Cl2N2O. The molecule has 0 bridgehead atoms. The molecule has 0 aromatic heterocycles. The van der Waals surface area contributed by atoms with Gasteiger partial charge in [0.05, 0.1) is 6.54 Å². The Morgan fingerprint density at radius 1 is 0.792 bits per heavy atom. The molecule has 0 N–H and O–H groups in total. The molecule has 1 aliphatic heterocycles. The molecule has 1 fully saturated rings. The van der Waals surface area contributed by atoms with Crippen LogP contribution >= 0.6 is 23.2 Å². The monoisotopic (exact) mass is 362 g/mol. The molecule has 126 valence electrons. The van der Waals surface area contributed by atoms with Crippen molar-refractivity contribution in [2.45, 2.75) is 6.54 Å². The Hall–Kier alpha value is -1.39. The normalized spacial score (nSPS) is 16.2. The summed E-state index contributed by atoms with van der Waals surface area (Å²) in [6.07, 6.45) is 0. The van der Waals surface area contributed by atoms with Crippen LogP contribution in [0.5, 0.6) is 0 Å². The third-order valence-electron chi connectivity index (χ3n) is 4.32. The lowest BCUT2D eigenvalue weighted by atomic mass is 10.1. The van der Waals surface area contributed by atoms with Crippen molar-refractivity contribution in [3.63, 3.8) is 0 Å². The van der Waals surface area contributed by atoms with Crippen molar-refractivity contribution < 1.29 is 4.79 Å². The quantitative estimate of drug-likeness (QED) is 0.751. The van der Waals surface area contributed by atoms with E-state index in [0.717, 1.165) is 43.3 Å². The highest BCUT2D eigenvalue weighted by atomic mass is 35.5. The molecule has 2 aromatic carbocycles. The van der Waals surface area contributed by atoms with Gasteiger partial charge in [0.25, 0.3) is 0 Å². The molecule has 1 aliphatic rings. The van der Waals surface area contributed by atoms with Crippen molar-refractivity contribution in [1.82, 2.24) is 9.80 Å². The molecule has 3 rings (SSSR count). The molecule has 0 atom stereocenters. The highest BCUT2D eigenvalue weighted by Crippen LogP contribution is 2.14. The first-order chi connectivity index (χ1) is 11.6. The van der Waals surface area contributed by atoms with Crippen LogP contribution in [0.15, 0.2) is 48.5 Å². The fraction of sp³-hybridized carbons (Fsp3) is 0.316. The largest absolute Gasteiger partial charge is 0.297 e. The van der Waals surface area contributed by atoms with Gasteiger partial charge >= 0.3 is 0 Å². The highest BCUT2D eigenvalue weighted by Gasteiger charge is 2.19. The first kappa shape index (κ1) is 17.4. The SMILES string of the molecule is O=C(CN1CCN(Cc2ccc(Cl)cc2)CC1)c1ccc(Cl)cc1. The van der Waals surface area contributed by atoms with Crippen molar-refractivity contribution in [2.24, 2.45) is 0 Å². The van der Waals surface area contributed by atoms with Crippen molar-refractivity contribution in [3.05, 3.63) is 69.7 Å². The van der Waals surface area contributed by atoms with E-state index in [1.165, 1.54) is 5.56 Å². The fourth-order valence-electron chi connectivity index (χ4n) is 2.88. The lowest BCUT2D eigenvalue weighted by Crippen LogP contribution is -2.47. The maximum atomic E-state index is 12.3. The molecule has 2 aromatic rings. The summed E-state index contributed by atoms with van der Waals surface area (Å²) in [6.45, 7) is 5.15. The number of hydrogen-bond acceptors (Lipinski definition) is 3. The van der Waals surface area contributed by atoms with Gasteiger partial charge in [-0.1, -0.05) is 35.3 Å². The number of nitrogens with zero attached hydrogens (tertiary/aromatic N) is 2. The number of hydrogen-bond donors (Lipinski definition) is 0. The summed E-state index contributed by atoms with van der Waals surface area (Å²) >= 11 is 11.8. The Labute approximate surface area is 152 Å². The number of carbonyl (C=O) groups excluding carboxylic acids is 1. The van der Waals surface area contributed by atoms with Gasteiger partial charge in [-0.2, -0.15) is 0 Å². The first-order valence-electron chi connectivity index (χ1n) is 8.08. The Bertz CT molecular complexity index is 678. The Morgan fingerprint density at radius 2 is 1.29 bits per heavy atom. The molecule has 0 aliphatic carbocycles. The number of Topliss-reactive ketones (excluding diaryl/α,β-unsaturated/α-hetero) is 1. The van der Waals surface area contributed by atoms with Crippen molar-refractivity contribution >= 4 is 29.0 Å². The number of ketones is 1. The zero-order valence-corrected chi connectivity index (χ0v) is 14.9. The van der Waals surface area contributed by atoms with Crippen LogP contribution in [0.3, 0.4) is 0 Å². The second-order valence-corrected chi connectivity index (χ2v) is 6.98. The standard InChI is InChI=1S/C19H20Cl2N2O/c20-17-5-1-15(2-6-17)13-22-9-11-23(12-10-22)14-19(24)16-3-7-18(21)8-4-16/h1-8H,9-14H2. The van der Waals surface area contributed by atoms with Crippen LogP contribution < -0.4 is 0 Å². The lowest BCUT2D eigenvalue weighted by molar-refractivity contribution is 0.0844. The van der Waals surface area contributed by atoms with Crippen molar-refractivity contribution in [2.75, 3.05) is 32.7 Å². The maximum Gasteiger partial charge on any atom is 0.176 e. The van der Waals surface area contributed by atoms with E-state index in [1.54, 1.807) is 24.3 Å². The van der Waals surface area contributed by atoms with Gasteiger partial charge < -0.3 is 0 Å². The van der Waals surface area contributed by atoms with E-state index < -0.39 is 0 Å². The molecule has 24 heavy (non-hydrogen) atoms. The summed E-state index contributed by atoms with van der Waals surface area (Å²) in [5, 5.41) is 1.42. The van der Waals surface area contributed by atoms with Crippen molar-refractivity contribution in [3.8, 4) is 0 Å². The van der Waals surface area contributed by atoms with Gasteiger partial charge in [0, 0.05) is 48.3 Å². The summed E-state index contributed by atoms with van der Waals surface area (Å²) in [5.41, 5.74) is 1.99. The van der Waals surface area contributed by atoms with Crippen LogP contribution in [-0.2, 0) is 6.54 Å². The lowest BCUT2D eigenvalue weighted by Gasteiger charge is -2.34. The Balaban J connectivity index is 1.47. The summed E-state index contributed by atoms with van der Waals surface area (Å²) in [7, 11) is 0. The average Bonchev–Trinajstić information content (AvgIpc) is 2.59. The molecule has 0 saturated carbocycles. The molecular weight excluding hydrogens is 343 g/mol. The molecule has 1 saturated heterocycles. The van der Waals surface area contributed by atoms with Gasteiger partial charge in [-0.3, -0.25) is 14.6 Å². The van der Waals surface area contributed by atoms with E-state index in [4.69, 9.17) is 23.2 Å². The highest BCUT2D eigenvalue weighted by molar-refractivity contribution is 6.30. The van der Waals surface area contributed by atoms with E-state index in [-0.39, 0.29) is 5.78 Å². The van der Waals surface area contributed by atoms with Gasteiger partial charge in [0.15, 0.2) is 5.78 Å². The van der Waals surface area contributed by atoms with E-state index >= 15 is 0 Å². The molecule has 5 heteroatoms. The first-order valence-corrected chi connectivity index (χ1v) is 8.84. The Morgan fingerprint density at radius 3 is 1.88 bits per heavy atom. The number of rotatable bonds is 5. The van der Waals surface area contributed by atoms with Crippen LogP contribution in [0.25, 0.3) is 0 Å². The topological polar surface area (TPSA) is 23.6 Å². The third kappa shape index (κ3) is 4.81. The summed E-state index contributed by atoms with van der Waals surface area (Å²) in [6, 6.07) is 15.1. The van der Waals surface area contributed by atoms with E-state index in [2.05, 4.69) is 21.9 Å². The molecule has 3 nitrogen and oxygen atoms in total. The minimum absolute atomic E-state index is 0.151. The molecule has 0 radical (unpaired) electrons. The average molecular weight is 363 g/mol. The van der Waals surface area contributed by atoms with Crippen LogP contribution in [-0.4, -0.2) is 48.3 Å². The number of carbonyl (C=O) groups is 1. The molecule has 1 heterocycles. The molecule has 0 amide bonds. The summed E-state index contributed by atoms with van der Waals surface area (Å²) < 4.78 is 0. The van der Waals surface area contributed by atoms with Crippen LogP contribution in [0.1, 0.15) is 15.9 Å². The summed E-state index contributed by atoms with van der Waals surface area (Å²) in [4.78, 5) is 16.9. The maximum absolute atomic E-state index is 12.3. The summed E-state index contributed by atoms with van der Waals surface area (Å²) in [5.74, 6) is 0.151. The fourth-order valence-corrected chi connectivity index (χ4v) is 3.14. The van der Waals surface area contributed by atoms with Crippen LogP contribution in [0.2, 0.25) is 10.0 Å². The smallest absolute Gasteiger partial charge is 0.176 e. The minimum atomic E-state index is 0.151. The van der Waals surface area contributed by atoms with Gasteiger partial charge in [0.1, 0.15) is 0 Å². The number of halogens is 2. The zero-order chi connectivity index (χ0) is 16.9. The number of benzene rings is 2. The minimum Gasteiger partial charge on any atom is -0.297 e. The molecule has 0 spiro atoms.